The third-order valence-corrected chi connectivity index (χ3v) is 0. The summed E-state index contributed by atoms with van der Waals surface area (Å²) in [6.07, 6.45) is 0. The number of halogens is 1. The molecule has 2 amide bonds. The third-order valence-electron chi connectivity index (χ3n) is 0. The molecular formula is CH5ClLaN2O. The summed E-state index contributed by atoms with van der Waals surface area (Å²) in [5.41, 5.74) is 8.50. The van der Waals surface area contributed by atoms with E-state index in [1.807, 2.05) is 0 Å². The van der Waals surface area contributed by atoms with Gasteiger partial charge in [-0.15, -0.1) is 12.4 Å². The fourth-order valence-electron chi connectivity index (χ4n) is 0. The van der Waals surface area contributed by atoms with E-state index in [9.17, 15) is 0 Å². The molecule has 0 aromatic rings. The average molecular weight is 235 g/mol. The second kappa shape index (κ2) is 9.23. The first-order valence-electron chi connectivity index (χ1n) is 0.781. The van der Waals surface area contributed by atoms with Crippen molar-refractivity contribution < 1.29 is 40.4 Å². The van der Waals surface area contributed by atoms with Crippen molar-refractivity contribution >= 4 is 18.4 Å². The second-order valence-electron chi connectivity index (χ2n) is 0.402. The number of hydrogen-bond donors (Lipinski definition) is 2. The molecule has 3 nitrogen and oxygen atoms in total. The van der Waals surface area contributed by atoms with Crippen molar-refractivity contribution in [3.63, 3.8) is 0 Å². The van der Waals surface area contributed by atoms with E-state index in [4.69, 9.17) is 4.79 Å². The molecule has 0 rings (SSSR count). The molecule has 0 aromatic carbocycles. The van der Waals surface area contributed by atoms with Crippen LogP contribution < -0.4 is 11.5 Å². The molecule has 1 radical (unpaired) electrons. The molecule has 0 aliphatic carbocycles. The van der Waals surface area contributed by atoms with Crippen LogP contribution in [0.15, 0.2) is 0 Å². The smallest absolute Gasteiger partial charge is 0.309 e. The van der Waals surface area contributed by atoms with Crippen LogP contribution in [0.4, 0.5) is 4.79 Å². The Morgan fingerprint density at radius 2 is 1.33 bits per heavy atom. The number of amides is 2. The van der Waals surface area contributed by atoms with Crippen molar-refractivity contribution in [3.8, 4) is 0 Å². The van der Waals surface area contributed by atoms with E-state index in [2.05, 4.69) is 11.5 Å². The van der Waals surface area contributed by atoms with Crippen molar-refractivity contribution in [2.45, 2.75) is 0 Å². The maximum Gasteiger partial charge on any atom is 0.309 e. The summed E-state index contributed by atoms with van der Waals surface area (Å²) >= 11 is 0. The van der Waals surface area contributed by atoms with E-state index in [0.29, 0.717) is 0 Å². The predicted molar refractivity (Wildman–Crippen MR) is 21.0 cm³/mol. The first-order chi connectivity index (χ1) is 1.73. The number of primary amides is 2. The van der Waals surface area contributed by atoms with Crippen molar-refractivity contribution in [2.24, 2.45) is 11.5 Å². The predicted octanol–water partition coefficient (Wildman–Crippen LogP) is -0.554. The molecule has 35 valence electrons. The topological polar surface area (TPSA) is 69.1 Å². The molecule has 0 aliphatic rings. The van der Waals surface area contributed by atoms with Crippen LogP contribution in [-0.2, 0) is 0 Å². The van der Waals surface area contributed by atoms with Crippen molar-refractivity contribution in [2.75, 3.05) is 0 Å². The third kappa shape index (κ3) is 118. The number of carbonyl (C=O) groups excluding carboxylic acids is 1. The molecule has 4 N–H and O–H groups in total. The van der Waals surface area contributed by atoms with E-state index in [1.165, 1.54) is 0 Å². The number of hydrogen-bond acceptors (Lipinski definition) is 1. The Hall–Kier alpha value is 0.755. The Balaban J connectivity index is -0.0000000450. The molecule has 0 spiro atoms. The molecule has 0 aromatic heterocycles. The van der Waals surface area contributed by atoms with E-state index >= 15 is 0 Å². The molecule has 0 aliphatic heterocycles. The Kier molecular flexibility index (Phi) is 24.4. The normalized spacial score (nSPS) is 4.00. The van der Waals surface area contributed by atoms with Crippen LogP contribution in [-0.4, -0.2) is 6.03 Å². The standard InChI is InChI=1S/CH4N2O.ClH.La/c2-1(3)4;;/h(H4,2,3,4);1H;. The second-order valence-corrected chi connectivity index (χ2v) is 0.402. The number of rotatable bonds is 0. The summed E-state index contributed by atoms with van der Waals surface area (Å²) < 4.78 is 0. The summed E-state index contributed by atoms with van der Waals surface area (Å²) in [6, 6.07) is -0.833. The molecule has 6 heavy (non-hydrogen) atoms. The van der Waals surface area contributed by atoms with Crippen LogP contribution in [0.2, 0.25) is 0 Å². The van der Waals surface area contributed by atoms with Crippen LogP contribution in [0.1, 0.15) is 0 Å². The van der Waals surface area contributed by atoms with Gasteiger partial charge >= 0.3 is 6.03 Å². The molecule has 0 atom stereocenters. The minimum absolute atomic E-state index is 0. The van der Waals surface area contributed by atoms with Crippen LogP contribution in [0.5, 0.6) is 0 Å². The van der Waals surface area contributed by atoms with Gasteiger partial charge in [0.25, 0.3) is 0 Å². The van der Waals surface area contributed by atoms with Gasteiger partial charge in [-0.05, 0) is 0 Å². The fraction of sp³-hybridized carbons (Fsp3) is 0. The zero-order chi connectivity index (χ0) is 3.58. The summed E-state index contributed by atoms with van der Waals surface area (Å²) in [5, 5.41) is 0. The number of urea groups is 1. The van der Waals surface area contributed by atoms with E-state index in [1.54, 1.807) is 0 Å². The van der Waals surface area contributed by atoms with Crippen molar-refractivity contribution in [1.82, 2.24) is 0 Å². The average Bonchev–Trinajstić information content (AvgIpc) is 0.811. The summed E-state index contributed by atoms with van der Waals surface area (Å²) in [6.45, 7) is 0. The maximum absolute atomic E-state index is 9.00. The van der Waals surface area contributed by atoms with Gasteiger partial charge in [0.1, 0.15) is 0 Å². The summed E-state index contributed by atoms with van der Waals surface area (Å²) in [4.78, 5) is 9.00. The molecule has 0 heterocycles. The molecule has 0 bridgehead atoms. The van der Waals surface area contributed by atoms with Gasteiger partial charge in [0, 0.05) is 35.6 Å². The van der Waals surface area contributed by atoms with Gasteiger partial charge in [-0.25, -0.2) is 4.79 Å². The van der Waals surface area contributed by atoms with E-state index < -0.39 is 6.03 Å². The van der Waals surface area contributed by atoms with Crippen molar-refractivity contribution in [1.29, 1.82) is 0 Å². The van der Waals surface area contributed by atoms with Crippen LogP contribution >= 0.6 is 12.4 Å². The van der Waals surface area contributed by atoms with E-state index in [-0.39, 0.29) is 48.0 Å². The zero-order valence-corrected chi connectivity index (χ0v) is 7.49. The van der Waals surface area contributed by atoms with Gasteiger partial charge in [-0.2, -0.15) is 0 Å². The first-order valence-corrected chi connectivity index (χ1v) is 0.781. The Morgan fingerprint density at radius 1 is 1.33 bits per heavy atom. The number of carbonyl (C=O) groups is 1. The monoisotopic (exact) mass is 235 g/mol. The quantitative estimate of drug-likeness (QED) is 0.581. The largest absolute Gasteiger partial charge is 0.352 e. The first kappa shape index (κ1) is 15.9. The molecule has 0 unspecified atom stereocenters. The minimum atomic E-state index is -0.833. The molecule has 0 saturated carbocycles. The Bertz CT molecular complexity index is 36.5. The van der Waals surface area contributed by atoms with Gasteiger partial charge in [0.05, 0.1) is 0 Å². The molecular weight excluding hydrogens is 230 g/mol. The van der Waals surface area contributed by atoms with Crippen LogP contribution in [0.3, 0.4) is 0 Å². The summed E-state index contributed by atoms with van der Waals surface area (Å²) in [7, 11) is 0. The van der Waals surface area contributed by atoms with Crippen LogP contribution in [0.25, 0.3) is 0 Å². The Labute approximate surface area is 69.8 Å². The van der Waals surface area contributed by atoms with Gasteiger partial charge in [-0.1, -0.05) is 0 Å². The Morgan fingerprint density at radius 3 is 1.33 bits per heavy atom. The van der Waals surface area contributed by atoms with Crippen LogP contribution in [0, 0.1) is 35.6 Å². The maximum atomic E-state index is 9.00. The zero-order valence-electron chi connectivity index (χ0n) is 3.05. The van der Waals surface area contributed by atoms with Gasteiger partial charge < -0.3 is 11.5 Å². The molecule has 0 saturated heterocycles. The van der Waals surface area contributed by atoms with Gasteiger partial charge in [-0.3, -0.25) is 0 Å². The van der Waals surface area contributed by atoms with Gasteiger partial charge in [0.15, 0.2) is 0 Å². The van der Waals surface area contributed by atoms with Crippen molar-refractivity contribution in [3.05, 3.63) is 0 Å². The molecule has 0 fully saturated rings. The minimum Gasteiger partial charge on any atom is -0.352 e. The van der Waals surface area contributed by atoms with Gasteiger partial charge in [0.2, 0.25) is 0 Å². The SMILES string of the molecule is Cl.NC(N)=O.[La]. The summed E-state index contributed by atoms with van der Waals surface area (Å²) in [5.74, 6) is 0. The fourth-order valence-corrected chi connectivity index (χ4v) is 0. The number of nitrogens with two attached hydrogens (primary N) is 2. The molecule has 5 heteroatoms. The van der Waals surface area contributed by atoms with E-state index in [0.717, 1.165) is 0 Å².